The van der Waals surface area contributed by atoms with Gasteiger partial charge < -0.3 is 9.84 Å². The molecule has 0 atom stereocenters. The Morgan fingerprint density at radius 2 is 1.91 bits per heavy atom. The molecule has 0 fully saturated rings. The van der Waals surface area contributed by atoms with E-state index in [4.69, 9.17) is 4.74 Å². The molecule has 0 aliphatic rings. The van der Waals surface area contributed by atoms with E-state index in [-0.39, 0.29) is 5.69 Å². The van der Waals surface area contributed by atoms with Gasteiger partial charge in [-0.2, -0.15) is 0 Å². The summed E-state index contributed by atoms with van der Waals surface area (Å²) in [6.07, 6.45) is 3.17. The Kier molecular flexibility index (Phi) is 3.53. The first-order chi connectivity index (χ1) is 10.7. The Hall–Kier alpha value is -3.22. The molecule has 0 saturated carbocycles. The number of aromatic carboxylic acids is 1. The number of pyridine rings is 1. The van der Waals surface area contributed by atoms with E-state index in [1.807, 2.05) is 12.1 Å². The van der Waals surface area contributed by atoms with E-state index < -0.39 is 5.97 Å². The molecule has 0 bridgehead atoms. The lowest BCUT2D eigenvalue weighted by atomic mass is 10.1. The van der Waals surface area contributed by atoms with Crippen LogP contribution in [0.4, 0.5) is 0 Å². The molecule has 0 unspecified atom stereocenters. The van der Waals surface area contributed by atoms with Crippen molar-refractivity contribution in [2.24, 2.45) is 0 Å². The lowest BCUT2D eigenvalue weighted by Gasteiger charge is -2.10. The molecular weight excluding hydrogens is 284 g/mol. The van der Waals surface area contributed by atoms with Crippen LogP contribution in [-0.4, -0.2) is 38.2 Å². The first-order valence-electron chi connectivity index (χ1n) is 6.45. The molecule has 3 aromatic rings. The normalized spacial score (nSPS) is 10.4. The maximum atomic E-state index is 11.4. The van der Waals surface area contributed by atoms with E-state index >= 15 is 0 Å². The summed E-state index contributed by atoms with van der Waals surface area (Å²) in [5, 5.41) is 17.1. The lowest BCUT2D eigenvalue weighted by molar-refractivity contribution is 0.0691. The largest absolute Gasteiger partial charge is 0.494 e. The van der Waals surface area contributed by atoms with Crippen LogP contribution in [0.25, 0.3) is 16.9 Å². The second-order valence-electron chi connectivity index (χ2n) is 4.41. The summed E-state index contributed by atoms with van der Waals surface area (Å²) in [6.45, 7) is 0. The first-order valence-corrected chi connectivity index (χ1v) is 6.45. The van der Waals surface area contributed by atoms with Crippen LogP contribution in [0.15, 0.2) is 48.8 Å². The van der Waals surface area contributed by atoms with Crippen molar-refractivity contribution < 1.29 is 14.6 Å². The molecule has 2 heterocycles. The van der Waals surface area contributed by atoms with Gasteiger partial charge in [0.15, 0.2) is 5.69 Å². The van der Waals surface area contributed by atoms with Crippen molar-refractivity contribution >= 4 is 5.97 Å². The van der Waals surface area contributed by atoms with Crippen LogP contribution >= 0.6 is 0 Å². The number of hydrogen-bond donors (Lipinski definition) is 1. The standard InChI is InChI=1S/C15H12N4O3/c1-22-12-5-3-2-4-11(12)19-14(10-6-8-16-9-7-10)13(15(20)21)17-18-19/h2-9H,1H3,(H,20,21). The number of aromatic nitrogens is 4. The summed E-state index contributed by atoms with van der Waals surface area (Å²) in [7, 11) is 1.54. The highest BCUT2D eigenvalue weighted by molar-refractivity contribution is 5.93. The smallest absolute Gasteiger partial charge is 0.358 e. The fourth-order valence-corrected chi connectivity index (χ4v) is 2.17. The van der Waals surface area contributed by atoms with E-state index in [0.717, 1.165) is 0 Å². The molecule has 0 radical (unpaired) electrons. The number of para-hydroxylation sites is 2. The van der Waals surface area contributed by atoms with Crippen LogP contribution in [0.5, 0.6) is 5.75 Å². The maximum absolute atomic E-state index is 11.4. The van der Waals surface area contributed by atoms with Gasteiger partial charge in [0.05, 0.1) is 7.11 Å². The summed E-state index contributed by atoms with van der Waals surface area (Å²) in [4.78, 5) is 15.4. The predicted octanol–water partition coefficient (Wildman–Crippen LogP) is 2.04. The first kappa shape index (κ1) is 13.7. The molecule has 1 aromatic carbocycles. The van der Waals surface area contributed by atoms with E-state index in [1.54, 1.807) is 43.8 Å². The number of carboxylic acid groups (broad SMARTS) is 1. The van der Waals surface area contributed by atoms with Crippen molar-refractivity contribution in [1.29, 1.82) is 0 Å². The quantitative estimate of drug-likeness (QED) is 0.792. The molecule has 0 saturated heterocycles. The average molecular weight is 296 g/mol. The summed E-state index contributed by atoms with van der Waals surface area (Å²) < 4.78 is 6.77. The zero-order valence-electron chi connectivity index (χ0n) is 11.7. The maximum Gasteiger partial charge on any atom is 0.358 e. The highest BCUT2D eigenvalue weighted by atomic mass is 16.5. The van der Waals surface area contributed by atoms with Gasteiger partial charge in [-0.05, 0) is 24.3 Å². The molecule has 0 spiro atoms. The third-order valence-electron chi connectivity index (χ3n) is 3.14. The number of hydrogen-bond acceptors (Lipinski definition) is 5. The van der Waals surface area contributed by atoms with Crippen LogP contribution in [0.3, 0.4) is 0 Å². The van der Waals surface area contributed by atoms with Gasteiger partial charge in [0, 0.05) is 18.0 Å². The fraction of sp³-hybridized carbons (Fsp3) is 0.0667. The van der Waals surface area contributed by atoms with Crippen molar-refractivity contribution in [3.63, 3.8) is 0 Å². The van der Waals surface area contributed by atoms with Crippen LogP contribution in [-0.2, 0) is 0 Å². The number of carbonyl (C=O) groups is 1. The van der Waals surface area contributed by atoms with E-state index in [9.17, 15) is 9.90 Å². The van der Waals surface area contributed by atoms with Crippen molar-refractivity contribution in [2.75, 3.05) is 7.11 Å². The minimum atomic E-state index is -1.15. The van der Waals surface area contributed by atoms with Crippen LogP contribution in [0, 0.1) is 0 Å². The number of rotatable bonds is 4. The van der Waals surface area contributed by atoms with Gasteiger partial charge in [0.2, 0.25) is 0 Å². The monoisotopic (exact) mass is 296 g/mol. The molecule has 22 heavy (non-hydrogen) atoms. The molecule has 110 valence electrons. The number of methoxy groups -OCH3 is 1. The predicted molar refractivity (Wildman–Crippen MR) is 78.1 cm³/mol. The Labute approximate surface area is 125 Å². The molecule has 2 aromatic heterocycles. The minimum absolute atomic E-state index is 0.128. The summed E-state index contributed by atoms with van der Waals surface area (Å²) in [6, 6.07) is 10.6. The van der Waals surface area contributed by atoms with Gasteiger partial charge in [0.1, 0.15) is 17.1 Å². The molecule has 7 nitrogen and oxygen atoms in total. The molecule has 0 aliphatic heterocycles. The molecule has 1 N–H and O–H groups in total. The van der Waals surface area contributed by atoms with Crippen molar-refractivity contribution in [2.45, 2.75) is 0 Å². The van der Waals surface area contributed by atoms with Gasteiger partial charge in [-0.25, -0.2) is 9.48 Å². The minimum Gasteiger partial charge on any atom is -0.494 e. The zero-order chi connectivity index (χ0) is 15.5. The zero-order valence-corrected chi connectivity index (χ0v) is 11.7. The summed E-state index contributed by atoms with van der Waals surface area (Å²) in [5.74, 6) is -0.576. The second-order valence-corrected chi connectivity index (χ2v) is 4.41. The van der Waals surface area contributed by atoms with Crippen molar-refractivity contribution in [3.8, 4) is 22.7 Å². The Morgan fingerprint density at radius 1 is 1.18 bits per heavy atom. The SMILES string of the molecule is COc1ccccc1-n1nnc(C(=O)O)c1-c1ccncc1. The molecule has 0 amide bonds. The highest BCUT2D eigenvalue weighted by Gasteiger charge is 2.22. The number of ether oxygens (including phenoxy) is 1. The summed E-state index contributed by atoms with van der Waals surface area (Å²) >= 11 is 0. The van der Waals surface area contributed by atoms with Gasteiger partial charge in [0.25, 0.3) is 0 Å². The number of benzene rings is 1. The average Bonchev–Trinajstić information content (AvgIpc) is 3.00. The Balaban J connectivity index is 2.28. The lowest BCUT2D eigenvalue weighted by Crippen LogP contribution is -2.04. The van der Waals surface area contributed by atoms with Crippen molar-refractivity contribution in [3.05, 3.63) is 54.5 Å². The fourth-order valence-electron chi connectivity index (χ4n) is 2.17. The second kappa shape index (κ2) is 5.65. The van der Waals surface area contributed by atoms with Crippen molar-refractivity contribution in [1.82, 2.24) is 20.0 Å². The highest BCUT2D eigenvalue weighted by Crippen LogP contribution is 2.29. The van der Waals surface area contributed by atoms with Gasteiger partial charge >= 0.3 is 5.97 Å². The third-order valence-corrected chi connectivity index (χ3v) is 3.14. The Morgan fingerprint density at radius 3 is 2.59 bits per heavy atom. The van der Waals surface area contributed by atoms with E-state index in [2.05, 4.69) is 15.3 Å². The van der Waals surface area contributed by atoms with E-state index in [0.29, 0.717) is 22.7 Å². The molecular formula is C15H12N4O3. The molecule has 0 aliphatic carbocycles. The summed E-state index contributed by atoms with van der Waals surface area (Å²) in [5.41, 5.74) is 1.51. The molecule has 3 rings (SSSR count). The molecule has 7 heteroatoms. The van der Waals surface area contributed by atoms with Crippen LogP contribution < -0.4 is 4.74 Å². The Bertz CT molecular complexity index is 815. The third kappa shape index (κ3) is 2.28. The number of carboxylic acids is 1. The number of nitrogens with zero attached hydrogens (tertiary/aromatic N) is 4. The van der Waals surface area contributed by atoms with Crippen LogP contribution in [0.2, 0.25) is 0 Å². The van der Waals surface area contributed by atoms with Gasteiger partial charge in [-0.15, -0.1) is 5.10 Å². The topological polar surface area (TPSA) is 90.1 Å². The van der Waals surface area contributed by atoms with Gasteiger partial charge in [-0.3, -0.25) is 4.98 Å². The van der Waals surface area contributed by atoms with E-state index in [1.165, 1.54) is 4.68 Å². The van der Waals surface area contributed by atoms with Gasteiger partial charge in [-0.1, -0.05) is 17.3 Å². The van der Waals surface area contributed by atoms with Crippen LogP contribution in [0.1, 0.15) is 10.5 Å².